The smallest absolute Gasteiger partial charge is 0.238 e. The van der Waals surface area contributed by atoms with E-state index in [2.05, 4.69) is 41.5 Å². The Morgan fingerprint density at radius 2 is 1.79 bits per heavy atom. The van der Waals surface area contributed by atoms with Crippen LogP contribution in [0.1, 0.15) is 11.1 Å². The van der Waals surface area contributed by atoms with Gasteiger partial charge in [0.15, 0.2) is 17.0 Å². The van der Waals surface area contributed by atoms with E-state index in [9.17, 15) is 4.79 Å². The van der Waals surface area contributed by atoms with Gasteiger partial charge in [0, 0.05) is 38.9 Å². The molecule has 0 spiro atoms. The third-order valence-electron chi connectivity index (χ3n) is 4.91. The third-order valence-corrected chi connectivity index (χ3v) is 4.91. The molecule has 1 saturated heterocycles. The molecule has 0 radical (unpaired) electrons. The van der Waals surface area contributed by atoms with Crippen LogP contribution in [0.25, 0.3) is 11.2 Å². The molecule has 1 fully saturated rings. The predicted octanol–water partition coefficient (Wildman–Crippen LogP) is 1.14. The number of nitrogens with zero attached hydrogens (tertiary/aromatic N) is 7. The van der Waals surface area contributed by atoms with E-state index in [-0.39, 0.29) is 5.91 Å². The summed E-state index contributed by atoms with van der Waals surface area (Å²) in [5.41, 5.74) is 4.58. The summed E-state index contributed by atoms with van der Waals surface area (Å²) in [6.45, 7) is 7.56. The number of rotatable bonds is 4. The largest absolute Gasteiger partial charge is 0.352 e. The van der Waals surface area contributed by atoms with Crippen LogP contribution in [0.3, 0.4) is 0 Å². The van der Waals surface area contributed by atoms with Crippen molar-refractivity contribution >= 4 is 28.6 Å². The molecular formula is C19H24N8O. The van der Waals surface area contributed by atoms with Gasteiger partial charge in [-0.25, -0.2) is 14.6 Å². The van der Waals surface area contributed by atoms with Gasteiger partial charge in [-0.3, -0.25) is 9.69 Å². The molecule has 0 bridgehead atoms. The second-order valence-corrected chi connectivity index (χ2v) is 7.27. The van der Waals surface area contributed by atoms with E-state index in [0.29, 0.717) is 12.1 Å². The van der Waals surface area contributed by atoms with Gasteiger partial charge < -0.3 is 10.2 Å². The minimum absolute atomic E-state index is 0.0109. The number of hydrogen-bond acceptors (Lipinski definition) is 7. The first-order chi connectivity index (χ1) is 13.5. The van der Waals surface area contributed by atoms with Crippen molar-refractivity contribution in [2.75, 3.05) is 42.9 Å². The van der Waals surface area contributed by atoms with Crippen molar-refractivity contribution in [3.8, 4) is 0 Å². The lowest BCUT2D eigenvalue weighted by molar-refractivity contribution is -0.117. The summed E-state index contributed by atoms with van der Waals surface area (Å²) in [4.78, 5) is 25.4. The Hall–Kier alpha value is -3.07. The van der Waals surface area contributed by atoms with Gasteiger partial charge in [-0.15, -0.1) is 5.10 Å². The van der Waals surface area contributed by atoms with Crippen molar-refractivity contribution in [3.63, 3.8) is 0 Å². The molecule has 1 aliphatic heterocycles. The lowest BCUT2D eigenvalue weighted by atomic mass is 10.1. The topological polar surface area (TPSA) is 92.1 Å². The maximum atomic E-state index is 12.4. The van der Waals surface area contributed by atoms with Crippen LogP contribution in [0.2, 0.25) is 0 Å². The molecule has 3 aromatic rings. The quantitative estimate of drug-likeness (QED) is 0.725. The molecule has 9 nitrogen and oxygen atoms in total. The lowest BCUT2D eigenvalue weighted by Crippen LogP contribution is -2.49. The number of hydrogen-bond donors (Lipinski definition) is 1. The van der Waals surface area contributed by atoms with Crippen LogP contribution in [-0.4, -0.2) is 68.5 Å². The Kier molecular flexibility index (Phi) is 4.91. The Labute approximate surface area is 163 Å². The Morgan fingerprint density at radius 1 is 1.07 bits per heavy atom. The summed E-state index contributed by atoms with van der Waals surface area (Å²) in [5.74, 6) is 0.814. The second kappa shape index (κ2) is 7.51. The number of piperazine rings is 1. The summed E-state index contributed by atoms with van der Waals surface area (Å²) >= 11 is 0. The number of carbonyl (C=O) groups is 1. The highest BCUT2D eigenvalue weighted by Crippen LogP contribution is 2.21. The SMILES string of the molecule is Cc1cc(C)cc(NC(=O)CN2CCN(c3ncnc4c3nnn4C)CC2)c1. The first-order valence-corrected chi connectivity index (χ1v) is 9.35. The average molecular weight is 380 g/mol. The van der Waals surface area contributed by atoms with Gasteiger partial charge in [0.05, 0.1) is 6.54 Å². The van der Waals surface area contributed by atoms with Crippen LogP contribution >= 0.6 is 0 Å². The Bertz CT molecular complexity index is 986. The number of anilines is 2. The number of carbonyl (C=O) groups excluding carboxylic acids is 1. The van der Waals surface area contributed by atoms with Gasteiger partial charge in [0.2, 0.25) is 5.91 Å². The third kappa shape index (κ3) is 3.79. The van der Waals surface area contributed by atoms with Crippen LogP contribution in [0.5, 0.6) is 0 Å². The van der Waals surface area contributed by atoms with E-state index in [0.717, 1.165) is 54.5 Å². The van der Waals surface area contributed by atoms with Gasteiger partial charge in [-0.2, -0.15) is 0 Å². The first-order valence-electron chi connectivity index (χ1n) is 9.35. The Balaban J connectivity index is 1.35. The van der Waals surface area contributed by atoms with Crippen LogP contribution in [0, 0.1) is 13.8 Å². The molecule has 0 atom stereocenters. The van der Waals surface area contributed by atoms with E-state index in [1.165, 1.54) is 0 Å². The molecule has 4 rings (SSSR count). The minimum Gasteiger partial charge on any atom is -0.352 e. The zero-order chi connectivity index (χ0) is 19.7. The van der Waals surface area contributed by atoms with Gasteiger partial charge in [0.25, 0.3) is 0 Å². The molecule has 28 heavy (non-hydrogen) atoms. The average Bonchev–Trinajstić information content (AvgIpc) is 3.03. The van der Waals surface area contributed by atoms with Crippen molar-refractivity contribution in [1.29, 1.82) is 0 Å². The zero-order valence-corrected chi connectivity index (χ0v) is 16.4. The first kappa shape index (κ1) is 18.3. The number of aryl methyl sites for hydroxylation is 3. The van der Waals surface area contributed by atoms with E-state index in [1.807, 2.05) is 33.0 Å². The molecule has 146 valence electrons. The lowest BCUT2D eigenvalue weighted by Gasteiger charge is -2.34. The fraction of sp³-hybridized carbons (Fsp3) is 0.421. The summed E-state index contributed by atoms with van der Waals surface area (Å²) in [7, 11) is 1.82. The van der Waals surface area contributed by atoms with Crippen molar-refractivity contribution in [3.05, 3.63) is 35.7 Å². The van der Waals surface area contributed by atoms with Gasteiger partial charge >= 0.3 is 0 Å². The number of nitrogens with one attached hydrogen (secondary N) is 1. The van der Waals surface area contributed by atoms with E-state index in [1.54, 1.807) is 11.0 Å². The predicted molar refractivity (Wildman–Crippen MR) is 107 cm³/mol. The maximum absolute atomic E-state index is 12.4. The molecule has 1 N–H and O–H groups in total. The Morgan fingerprint density at radius 3 is 2.50 bits per heavy atom. The normalized spacial score (nSPS) is 15.2. The highest BCUT2D eigenvalue weighted by atomic mass is 16.2. The highest BCUT2D eigenvalue weighted by molar-refractivity contribution is 5.92. The summed E-state index contributed by atoms with van der Waals surface area (Å²) in [5, 5.41) is 11.2. The summed E-state index contributed by atoms with van der Waals surface area (Å²) in [6, 6.07) is 6.07. The van der Waals surface area contributed by atoms with Crippen LogP contribution < -0.4 is 10.2 Å². The van der Waals surface area contributed by atoms with Crippen LogP contribution in [-0.2, 0) is 11.8 Å². The minimum atomic E-state index is 0.0109. The van der Waals surface area contributed by atoms with Crippen molar-refractivity contribution in [2.24, 2.45) is 7.05 Å². The second-order valence-electron chi connectivity index (χ2n) is 7.27. The summed E-state index contributed by atoms with van der Waals surface area (Å²) < 4.78 is 1.65. The highest BCUT2D eigenvalue weighted by Gasteiger charge is 2.23. The van der Waals surface area contributed by atoms with Crippen molar-refractivity contribution in [2.45, 2.75) is 13.8 Å². The molecule has 0 aliphatic carbocycles. The molecule has 9 heteroatoms. The number of fused-ring (bicyclic) bond motifs is 1. The van der Waals surface area contributed by atoms with Crippen LogP contribution in [0.15, 0.2) is 24.5 Å². The molecule has 0 unspecified atom stereocenters. The standard InChI is InChI=1S/C19H24N8O/c1-13-8-14(2)10-15(9-13)22-16(28)11-26-4-6-27(7-5-26)19-17-18(20-12-21-19)25(3)24-23-17/h8-10,12H,4-7,11H2,1-3H3,(H,22,28). The van der Waals surface area contributed by atoms with E-state index < -0.39 is 0 Å². The van der Waals surface area contributed by atoms with Gasteiger partial charge in [-0.05, 0) is 37.1 Å². The monoisotopic (exact) mass is 380 g/mol. The maximum Gasteiger partial charge on any atom is 0.238 e. The molecule has 2 aromatic heterocycles. The molecular weight excluding hydrogens is 356 g/mol. The number of aromatic nitrogens is 5. The molecule has 1 amide bonds. The fourth-order valence-corrected chi connectivity index (χ4v) is 3.64. The molecule has 0 saturated carbocycles. The molecule has 1 aliphatic rings. The van der Waals surface area contributed by atoms with Crippen molar-refractivity contribution in [1.82, 2.24) is 29.9 Å². The zero-order valence-electron chi connectivity index (χ0n) is 16.4. The van der Waals surface area contributed by atoms with Gasteiger partial charge in [0.1, 0.15) is 6.33 Å². The van der Waals surface area contributed by atoms with Crippen LogP contribution in [0.4, 0.5) is 11.5 Å². The van der Waals surface area contributed by atoms with Gasteiger partial charge in [-0.1, -0.05) is 11.3 Å². The van der Waals surface area contributed by atoms with E-state index >= 15 is 0 Å². The van der Waals surface area contributed by atoms with E-state index in [4.69, 9.17) is 0 Å². The summed E-state index contributed by atoms with van der Waals surface area (Å²) in [6.07, 6.45) is 1.55. The molecule has 1 aromatic carbocycles. The van der Waals surface area contributed by atoms with Crippen molar-refractivity contribution < 1.29 is 4.79 Å². The number of benzene rings is 1. The molecule has 3 heterocycles. The number of amides is 1. The fourth-order valence-electron chi connectivity index (χ4n) is 3.64.